The molecular weight excluding hydrogens is 343 g/mol. The van der Waals surface area contributed by atoms with Gasteiger partial charge in [-0.2, -0.15) is 0 Å². The fourth-order valence-corrected chi connectivity index (χ4v) is 4.50. The van der Waals surface area contributed by atoms with Crippen LogP contribution in [0.4, 0.5) is 0 Å². The highest BCUT2D eigenvalue weighted by atomic mass is 31.2. The highest BCUT2D eigenvalue weighted by molar-refractivity contribution is 7.58. The lowest BCUT2D eigenvalue weighted by Crippen LogP contribution is -2.20. The minimum absolute atomic E-state index is 0.0482. The summed E-state index contributed by atoms with van der Waals surface area (Å²) in [5, 5.41) is 17.9. The summed E-state index contributed by atoms with van der Waals surface area (Å²) < 4.78 is 18.1. The van der Waals surface area contributed by atoms with Crippen LogP contribution in [-0.4, -0.2) is 41.6 Å². The highest BCUT2D eigenvalue weighted by Gasteiger charge is 2.28. The van der Waals surface area contributed by atoms with Gasteiger partial charge in [-0.15, -0.1) is 0 Å². The Kier molecular flexibility index (Phi) is 8.87. The van der Waals surface area contributed by atoms with Gasteiger partial charge in [-0.05, 0) is 30.7 Å². The quantitative estimate of drug-likeness (QED) is 0.538. The molecule has 0 aliphatic rings. The third-order valence-electron chi connectivity index (χ3n) is 4.20. The van der Waals surface area contributed by atoms with Gasteiger partial charge in [0.15, 0.2) is 0 Å². The molecule has 0 fully saturated rings. The Balaban J connectivity index is 2.54. The number of carboxylic acids is 2. The van der Waals surface area contributed by atoms with Crippen molar-refractivity contribution in [2.45, 2.75) is 38.5 Å². The van der Waals surface area contributed by atoms with E-state index >= 15 is 0 Å². The molecule has 0 spiro atoms. The lowest BCUT2D eigenvalue weighted by molar-refractivity contribution is -0.142. The zero-order valence-electron chi connectivity index (χ0n) is 14.8. The van der Waals surface area contributed by atoms with Gasteiger partial charge in [0.2, 0.25) is 7.37 Å². The number of aliphatic carboxylic acids is 2. The Morgan fingerprint density at radius 3 is 2.32 bits per heavy atom. The maximum atomic E-state index is 12.5. The Morgan fingerprint density at radius 1 is 1.16 bits per heavy atom. The van der Waals surface area contributed by atoms with Gasteiger partial charge in [0.1, 0.15) is 0 Å². The number of carbonyl (C=O) groups is 2. The van der Waals surface area contributed by atoms with Gasteiger partial charge in [-0.25, -0.2) is 0 Å². The molecule has 0 heterocycles. The average Bonchev–Trinajstić information content (AvgIpc) is 2.56. The molecule has 0 aliphatic heterocycles. The first-order chi connectivity index (χ1) is 11.7. The van der Waals surface area contributed by atoms with Crippen molar-refractivity contribution in [2.75, 3.05) is 19.4 Å². The zero-order chi connectivity index (χ0) is 18.9. The number of benzene rings is 1. The highest BCUT2D eigenvalue weighted by Crippen LogP contribution is 2.45. The predicted molar refractivity (Wildman–Crippen MR) is 96.4 cm³/mol. The van der Waals surface area contributed by atoms with Crippen LogP contribution in [0.2, 0.25) is 0 Å². The first kappa shape index (κ1) is 21.4. The topological polar surface area (TPSA) is 101 Å². The summed E-state index contributed by atoms with van der Waals surface area (Å²) in [5.74, 6) is -2.87. The van der Waals surface area contributed by atoms with E-state index in [-0.39, 0.29) is 25.6 Å². The van der Waals surface area contributed by atoms with E-state index in [4.69, 9.17) is 9.63 Å². The van der Waals surface area contributed by atoms with E-state index in [0.717, 1.165) is 6.42 Å². The lowest BCUT2D eigenvalue weighted by Gasteiger charge is -2.20. The van der Waals surface area contributed by atoms with Crippen LogP contribution in [0.3, 0.4) is 0 Å². The summed E-state index contributed by atoms with van der Waals surface area (Å²) in [6, 6.07) is 10.0. The molecule has 140 valence electrons. The molecule has 1 aromatic rings. The maximum Gasteiger partial charge on any atom is 0.307 e. The summed E-state index contributed by atoms with van der Waals surface area (Å²) in [4.78, 5) is 21.8. The second-order valence-corrected chi connectivity index (χ2v) is 8.95. The molecule has 3 unspecified atom stereocenters. The Labute approximate surface area is 148 Å². The third kappa shape index (κ3) is 8.32. The van der Waals surface area contributed by atoms with Crippen molar-refractivity contribution in [1.29, 1.82) is 0 Å². The molecule has 7 heteroatoms. The van der Waals surface area contributed by atoms with Crippen LogP contribution in [0, 0.1) is 5.92 Å². The van der Waals surface area contributed by atoms with Crippen LogP contribution in [-0.2, 0) is 18.7 Å². The Morgan fingerprint density at radius 2 is 1.80 bits per heavy atom. The van der Waals surface area contributed by atoms with Crippen molar-refractivity contribution >= 4 is 19.3 Å². The van der Waals surface area contributed by atoms with Gasteiger partial charge in [0.25, 0.3) is 0 Å². The molecule has 0 radical (unpaired) electrons. The number of carboxylic acid groups (broad SMARTS) is 2. The Hall–Kier alpha value is -1.65. The van der Waals surface area contributed by atoms with Crippen molar-refractivity contribution in [2.24, 2.45) is 5.92 Å². The molecule has 25 heavy (non-hydrogen) atoms. The van der Waals surface area contributed by atoms with Crippen LogP contribution in [0.1, 0.15) is 44.1 Å². The second kappa shape index (κ2) is 10.4. The standard InChI is InChI=1S/C18H27O6P/c1-3-14(15-7-5-4-6-8-15)11-12-24-25(2,23)13-16(18(21)22)9-10-17(19)20/h4-8,14,16H,3,9-13H2,1-2H3,(H,19,20)(H,21,22). The SMILES string of the molecule is CCC(CCOP(C)(=O)CC(CCC(=O)O)C(=O)O)c1ccccc1. The summed E-state index contributed by atoms with van der Waals surface area (Å²) in [6.45, 7) is 3.79. The van der Waals surface area contributed by atoms with Crippen molar-refractivity contribution in [3.05, 3.63) is 35.9 Å². The van der Waals surface area contributed by atoms with E-state index in [0.29, 0.717) is 12.3 Å². The summed E-state index contributed by atoms with van der Waals surface area (Å²) in [6.07, 6.45) is 1.18. The van der Waals surface area contributed by atoms with E-state index in [1.165, 1.54) is 12.2 Å². The first-order valence-corrected chi connectivity index (χ1v) is 10.7. The fourth-order valence-electron chi connectivity index (χ4n) is 2.76. The molecule has 0 aromatic heterocycles. The molecule has 0 aliphatic carbocycles. The molecule has 1 aromatic carbocycles. The molecule has 6 nitrogen and oxygen atoms in total. The number of hydrogen-bond donors (Lipinski definition) is 2. The molecule has 0 amide bonds. The van der Waals surface area contributed by atoms with E-state index in [9.17, 15) is 19.3 Å². The minimum Gasteiger partial charge on any atom is -0.481 e. The largest absolute Gasteiger partial charge is 0.481 e. The molecule has 0 saturated carbocycles. The molecular formula is C18H27O6P. The summed E-state index contributed by atoms with van der Waals surface area (Å²) in [7, 11) is -3.09. The van der Waals surface area contributed by atoms with Crippen molar-refractivity contribution < 1.29 is 28.9 Å². The monoisotopic (exact) mass is 370 g/mol. The summed E-state index contributed by atoms with van der Waals surface area (Å²) >= 11 is 0. The smallest absolute Gasteiger partial charge is 0.307 e. The van der Waals surface area contributed by atoms with E-state index in [2.05, 4.69) is 6.92 Å². The molecule has 3 atom stereocenters. The van der Waals surface area contributed by atoms with Crippen LogP contribution in [0.5, 0.6) is 0 Å². The molecule has 2 N–H and O–H groups in total. The first-order valence-electron chi connectivity index (χ1n) is 8.45. The van der Waals surface area contributed by atoms with Gasteiger partial charge >= 0.3 is 11.9 Å². The second-order valence-electron chi connectivity index (χ2n) is 6.30. The van der Waals surface area contributed by atoms with Crippen LogP contribution >= 0.6 is 7.37 Å². The normalized spacial score (nSPS) is 15.9. The van der Waals surface area contributed by atoms with Crippen LogP contribution in [0.15, 0.2) is 30.3 Å². The van der Waals surface area contributed by atoms with Gasteiger partial charge in [0, 0.05) is 19.2 Å². The average molecular weight is 370 g/mol. The number of hydrogen-bond acceptors (Lipinski definition) is 4. The number of rotatable bonds is 12. The van der Waals surface area contributed by atoms with Crippen LogP contribution < -0.4 is 0 Å². The molecule has 0 saturated heterocycles. The van der Waals surface area contributed by atoms with E-state index in [1.54, 1.807) is 0 Å². The minimum atomic E-state index is -3.09. The van der Waals surface area contributed by atoms with Crippen molar-refractivity contribution in [1.82, 2.24) is 0 Å². The fraction of sp³-hybridized carbons (Fsp3) is 0.556. The van der Waals surface area contributed by atoms with Gasteiger partial charge < -0.3 is 14.7 Å². The van der Waals surface area contributed by atoms with Gasteiger partial charge in [-0.3, -0.25) is 14.2 Å². The van der Waals surface area contributed by atoms with Gasteiger partial charge in [-0.1, -0.05) is 37.3 Å². The maximum absolute atomic E-state index is 12.5. The van der Waals surface area contributed by atoms with Gasteiger partial charge in [0.05, 0.1) is 12.5 Å². The lowest BCUT2D eigenvalue weighted by atomic mass is 9.94. The predicted octanol–water partition coefficient (Wildman–Crippen LogP) is 4.06. The zero-order valence-corrected chi connectivity index (χ0v) is 15.7. The van der Waals surface area contributed by atoms with Crippen molar-refractivity contribution in [3.63, 3.8) is 0 Å². The van der Waals surface area contributed by atoms with E-state index < -0.39 is 25.2 Å². The Bertz CT molecular complexity index is 601. The van der Waals surface area contributed by atoms with Crippen LogP contribution in [0.25, 0.3) is 0 Å². The molecule has 0 bridgehead atoms. The molecule has 1 rings (SSSR count). The van der Waals surface area contributed by atoms with E-state index in [1.807, 2.05) is 30.3 Å². The third-order valence-corrected chi connectivity index (χ3v) is 6.04. The van der Waals surface area contributed by atoms with Crippen molar-refractivity contribution in [3.8, 4) is 0 Å². The summed E-state index contributed by atoms with van der Waals surface area (Å²) in [5.41, 5.74) is 1.20.